The summed E-state index contributed by atoms with van der Waals surface area (Å²) in [5.41, 5.74) is 0. The molecule has 2 aromatic rings. The van der Waals surface area contributed by atoms with Crippen LogP contribution >= 0.6 is 11.3 Å². The van der Waals surface area contributed by atoms with Crippen LogP contribution in [0.2, 0.25) is 0 Å². The van der Waals surface area contributed by atoms with Crippen LogP contribution in [0.1, 0.15) is 25.8 Å². The lowest BCUT2D eigenvalue weighted by atomic mass is 10.2. The highest BCUT2D eigenvalue weighted by molar-refractivity contribution is 7.13. The molecule has 4 nitrogen and oxygen atoms in total. The van der Waals surface area contributed by atoms with E-state index in [1.165, 1.54) is 0 Å². The van der Waals surface area contributed by atoms with E-state index in [9.17, 15) is 4.79 Å². The summed E-state index contributed by atoms with van der Waals surface area (Å²) < 4.78 is 2.04. The molecule has 0 aliphatic rings. The Morgan fingerprint density at radius 3 is 3.12 bits per heavy atom. The van der Waals surface area contributed by atoms with E-state index < -0.39 is 5.97 Å². The molecule has 0 bridgehead atoms. The Bertz CT molecular complexity index is 490. The smallest absolute Gasteiger partial charge is 0.303 e. The van der Waals surface area contributed by atoms with Crippen molar-refractivity contribution in [2.45, 2.75) is 25.8 Å². The predicted octanol–water partition coefficient (Wildman–Crippen LogP) is 3.04. The highest BCUT2D eigenvalue weighted by atomic mass is 32.1. The Morgan fingerprint density at radius 1 is 1.65 bits per heavy atom. The van der Waals surface area contributed by atoms with Gasteiger partial charge in [-0.3, -0.25) is 4.79 Å². The second-order valence-corrected chi connectivity index (χ2v) is 4.86. The maximum absolute atomic E-state index is 10.6. The van der Waals surface area contributed by atoms with Crippen LogP contribution in [0.5, 0.6) is 0 Å². The second kappa shape index (κ2) is 5.14. The SMILES string of the molecule is CC(CCC(=O)O)n1ccnc1-c1cccs1. The van der Waals surface area contributed by atoms with E-state index in [1.54, 1.807) is 17.5 Å². The molecular weight excluding hydrogens is 236 g/mol. The normalized spacial score (nSPS) is 12.5. The van der Waals surface area contributed by atoms with Gasteiger partial charge in [-0.25, -0.2) is 4.98 Å². The van der Waals surface area contributed by atoms with Crippen molar-refractivity contribution in [2.24, 2.45) is 0 Å². The van der Waals surface area contributed by atoms with Gasteiger partial charge >= 0.3 is 5.97 Å². The zero-order valence-corrected chi connectivity index (χ0v) is 10.4. The zero-order valence-electron chi connectivity index (χ0n) is 9.54. The van der Waals surface area contributed by atoms with Crippen molar-refractivity contribution >= 4 is 17.3 Å². The highest BCUT2D eigenvalue weighted by Crippen LogP contribution is 2.26. The molecule has 0 aromatic carbocycles. The Labute approximate surface area is 104 Å². The average molecular weight is 250 g/mol. The van der Waals surface area contributed by atoms with Crippen LogP contribution in [0.3, 0.4) is 0 Å². The van der Waals surface area contributed by atoms with Crippen molar-refractivity contribution < 1.29 is 9.90 Å². The van der Waals surface area contributed by atoms with Crippen LogP contribution in [0.25, 0.3) is 10.7 Å². The summed E-state index contributed by atoms with van der Waals surface area (Å²) in [6.45, 7) is 2.02. The predicted molar refractivity (Wildman–Crippen MR) is 67.1 cm³/mol. The van der Waals surface area contributed by atoms with Gasteiger partial charge in [0.05, 0.1) is 4.88 Å². The molecule has 0 aliphatic heterocycles. The summed E-state index contributed by atoms with van der Waals surface area (Å²) in [5.74, 6) is 0.160. The van der Waals surface area contributed by atoms with Gasteiger partial charge in [0.1, 0.15) is 5.82 Å². The third-order valence-electron chi connectivity index (χ3n) is 2.66. The van der Waals surface area contributed by atoms with Crippen molar-refractivity contribution in [1.82, 2.24) is 9.55 Å². The zero-order chi connectivity index (χ0) is 12.3. The topological polar surface area (TPSA) is 55.1 Å². The van der Waals surface area contributed by atoms with Crippen LogP contribution in [-0.4, -0.2) is 20.6 Å². The maximum atomic E-state index is 10.6. The van der Waals surface area contributed by atoms with Gasteiger partial charge < -0.3 is 9.67 Å². The number of carbonyl (C=O) groups is 1. The number of rotatable bonds is 5. The highest BCUT2D eigenvalue weighted by Gasteiger charge is 2.13. The minimum Gasteiger partial charge on any atom is -0.481 e. The first-order valence-electron chi connectivity index (χ1n) is 5.47. The summed E-state index contributed by atoms with van der Waals surface area (Å²) in [6, 6.07) is 4.15. The number of nitrogens with zero attached hydrogens (tertiary/aromatic N) is 2. The van der Waals surface area contributed by atoms with Crippen molar-refractivity contribution in [2.75, 3.05) is 0 Å². The molecule has 2 rings (SSSR count). The first kappa shape index (κ1) is 11.9. The summed E-state index contributed by atoms with van der Waals surface area (Å²) in [4.78, 5) is 16.0. The van der Waals surface area contributed by atoms with Gasteiger partial charge in [0.2, 0.25) is 0 Å². The standard InChI is InChI=1S/C12H14N2O2S/c1-9(4-5-11(15)16)14-7-6-13-12(14)10-3-2-8-17-10/h2-3,6-9H,4-5H2,1H3,(H,15,16). The fourth-order valence-electron chi connectivity index (χ4n) is 1.74. The van der Waals surface area contributed by atoms with Gasteiger partial charge in [-0.1, -0.05) is 6.07 Å². The lowest BCUT2D eigenvalue weighted by Gasteiger charge is -2.14. The van der Waals surface area contributed by atoms with E-state index in [0.29, 0.717) is 6.42 Å². The van der Waals surface area contributed by atoms with E-state index in [4.69, 9.17) is 5.11 Å². The molecule has 1 N–H and O–H groups in total. The fraction of sp³-hybridized carbons (Fsp3) is 0.333. The number of thiophene rings is 1. The van der Waals surface area contributed by atoms with Gasteiger partial charge in [0, 0.05) is 24.9 Å². The molecule has 0 radical (unpaired) electrons. The minimum absolute atomic E-state index is 0.144. The molecule has 2 aromatic heterocycles. The third-order valence-corrected chi connectivity index (χ3v) is 3.53. The molecule has 0 aliphatic carbocycles. The molecule has 0 amide bonds. The number of hydrogen-bond donors (Lipinski definition) is 1. The number of hydrogen-bond acceptors (Lipinski definition) is 3. The molecule has 90 valence electrons. The van der Waals surface area contributed by atoms with Gasteiger partial charge in [-0.2, -0.15) is 0 Å². The van der Waals surface area contributed by atoms with Crippen molar-refractivity contribution in [3.8, 4) is 10.7 Å². The van der Waals surface area contributed by atoms with E-state index in [2.05, 4.69) is 4.98 Å². The molecule has 1 atom stereocenters. The molecule has 0 spiro atoms. The number of aliphatic carboxylic acids is 1. The molecule has 1 unspecified atom stereocenters. The Morgan fingerprint density at radius 2 is 2.47 bits per heavy atom. The van der Waals surface area contributed by atoms with Crippen LogP contribution in [-0.2, 0) is 4.79 Å². The number of carboxylic acids is 1. The monoisotopic (exact) mass is 250 g/mol. The van der Waals surface area contributed by atoms with Crippen molar-refractivity contribution in [3.63, 3.8) is 0 Å². The van der Waals surface area contributed by atoms with E-state index in [0.717, 1.165) is 10.7 Å². The maximum Gasteiger partial charge on any atom is 0.303 e. The summed E-state index contributed by atoms with van der Waals surface area (Å²) in [5, 5.41) is 10.7. The van der Waals surface area contributed by atoms with E-state index >= 15 is 0 Å². The largest absolute Gasteiger partial charge is 0.481 e. The summed E-state index contributed by atoms with van der Waals surface area (Å²) in [7, 11) is 0. The minimum atomic E-state index is -0.755. The lowest BCUT2D eigenvalue weighted by molar-refractivity contribution is -0.137. The molecule has 2 heterocycles. The quantitative estimate of drug-likeness (QED) is 0.887. The first-order chi connectivity index (χ1) is 8.18. The number of carboxylic acid groups (broad SMARTS) is 1. The average Bonchev–Trinajstić information content (AvgIpc) is 2.94. The van der Waals surface area contributed by atoms with E-state index in [1.807, 2.05) is 35.2 Å². The Balaban J connectivity index is 2.16. The van der Waals surface area contributed by atoms with Gasteiger partial charge in [-0.05, 0) is 24.8 Å². The third kappa shape index (κ3) is 2.74. The lowest BCUT2D eigenvalue weighted by Crippen LogP contribution is -2.08. The molecular formula is C12H14N2O2S. The van der Waals surface area contributed by atoms with Crippen molar-refractivity contribution in [1.29, 1.82) is 0 Å². The molecule has 0 saturated carbocycles. The number of imidazole rings is 1. The van der Waals surface area contributed by atoms with Crippen molar-refractivity contribution in [3.05, 3.63) is 29.9 Å². The van der Waals surface area contributed by atoms with E-state index in [-0.39, 0.29) is 12.5 Å². The van der Waals surface area contributed by atoms with Gasteiger partial charge in [-0.15, -0.1) is 11.3 Å². The summed E-state index contributed by atoms with van der Waals surface area (Å²) >= 11 is 1.64. The molecule has 17 heavy (non-hydrogen) atoms. The second-order valence-electron chi connectivity index (χ2n) is 3.92. The Hall–Kier alpha value is -1.62. The molecule has 5 heteroatoms. The van der Waals surface area contributed by atoms with Gasteiger partial charge in [0.15, 0.2) is 0 Å². The molecule has 0 saturated heterocycles. The fourth-order valence-corrected chi connectivity index (χ4v) is 2.46. The van der Waals surface area contributed by atoms with Crippen LogP contribution in [0, 0.1) is 0 Å². The van der Waals surface area contributed by atoms with Crippen LogP contribution in [0.4, 0.5) is 0 Å². The van der Waals surface area contributed by atoms with Crippen LogP contribution in [0.15, 0.2) is 29.9 Å². The Kier molecular flexibility index (Phi) is 3.58. The van der Waals surface area contributed by atoms with Gasteiger partial charge in [0.25, 0.3) is 0 Å². The summed E-state index contributed by atoms with van der Waals surface area (Å²) in [6.07, 6.45) is 4.46. The number of aromatic nitrogens is 2. The molecule has 0 fully saturated rings. The van der Waals surface area contributed by atoms with Crippen LogP contribution < -0.4 is 0 Å². The first-order valence-corrected chi connectivity index (χ1v) is 6.35.